The molecule has 1 fully saturated rings. The zero-order valence-electron chi connectivity index (χ0n) is 14.4. The van der Waals surface area contributed by atoms with Crippen molar-refractivity contribution in [3.8, 4) is 0 Å². The van der Waals surface area contributed by atoms with Crippen LogP contribution in [0.2, 0.25) is 5.02 Å². The van der Waals surface area contributed by atoms with Crippen LogP contribution in [0.1, 0.15) is 0 Å². The van der Waals surface area contributed by atoms with E-state index in [4.69, 9.17) is 11.6 Å². The Hall–Kier alpha value is -1.86. The Bertz CT molecular complexity index is 1050. The molecule has 0 bridgehead atoms. The van der Waals surface area contributed by atoms with E-state index in [1.807, 2.05) is 18.2 Å². The minimum Gasteiger partial charge on any atom is -0.367 e. The molecule has 0 amide bonds. The summed E-state index contributed by atoms with van der Waals surface area (Å²) in [5, 5.41) is 4.65. The van der Waals surface area contributed by atoms with Crippen LogP contribution in [0.3, 0.4) is 0 Å². The van der Waals surface area contributed by atoms with Crippen LogP contribution in [0.5, 0.6) is 0 Å². The normalized spacial score (nSPS) is 14.8. The van der Waals surface area contributed by atoms with Crippen LogP contribution in [-0.2, 0) is 9.84 Å². The van der Waals surface area contributed by atoms with Gasteiger partial charge < -0.3 is 10.2 Å². The predicted octanol–water partition coefficient (Wildman–Crippen LogP) is 3.55. The third kappa shape index (κ3) is 3.89. The molecule has 142 valence electrons. The fourth-order valence-corrected chi connectivity index (χ4v) is 4.55. The van der Waals surface area contributed by atoms with E-state index >= 15 is 0 Å². The number of hydrogen-bond acceptors (Lipinski definition) is 5. The number of rotatable bonds is 3. The minimum atomic E-state index is -3.63. The van der Waals surface area contributed by atoms with E-state index in [0.29, 0.717) is 5.02 Å². The standard InChI is InChI=1S/C19H18ClN3O2S.ClH/c20-15-4-6-16(7-5-15)26(24,25)17-12-14-2-1-3-18(19(14)22-13-17)23-10-8-21-9-11-23;/h1-7,12-13,21H,8-11H2;1H. The maximum atomic E-state index is 12.9. The zero-order chi connectivity index (χ0) is 18.1. The summed E-state index contributed by atoms with van der Waals surface area (Å²) < 4.78 is 25.7. The first kappa shape index (κ1) is 19.9. The van der Waals surface area contributed by atoms with Gasteiger partial charge in [0.15, 0.2) is 0 Å². The number of fused-ring (bicyclic) bond motifs is 1. The molecule has 1 aromatic heterocycles. The van der Waals surface area contributed by atoms with Gasteiger partial charge in [0.05, 0.1) is 21.0 Å². The molecular weight excluding hydrogens is 405 g/mol. The molecule has 2 heterocycles. The number of hydrogen-bond donors (Lipinski definition) is 1. The second-order valence-electron chi connectivity index (χ2n) is 6.21. The van der Waals surface area contributed by atoms with Gasteiger partial charge in [-0.1, -0.05) is 23.7 Å². The molecule has 0 unspecified atom stereocenters. The third-order valence-electron chi connectivity index (χ3n) is 4.56. The molecule has 4 rings (SSSR count). The predicted molar refractivity (Wildman–Crippen MR) is 111 cm³/mol. The molecule has 1 aliphatic rings. The van der Waals surface area contributed by atoms with Crippen LogP contribution in [0.15, 0.2) is 64.5 Å². The van der Waals surface area contributed by atoms with E-state index in [1.165, 1.54) is 18.3 Å². The maximum Gasteiger partial charge on any atom is 0.208 e. The molecule has 1 saturated heterocycles. The highest BCUT2D eigenvalue weighted by molar-refractivity contribution is 7.91. The molecule has 0 aliphatic carbocycles. The Labute approximate surface area is 169 Å². The highest BCUT2D eigenvalue weighted by atomic mass is 35.5. The Balaban J connectivity index is 0.00000210. The Morgan fingerprint density at radius 2 is 1.70 bits per heavy atom. The van der Waals surface area contributed by atoms with Crippen molar-refractivity contribution in [2.24, 2.45) is 0 Å². The first-order chi connectivity index (χ1) is 12.6. The zero-order valence-corrected chi connectivity index (χ0v) is 16.8. The third-order valence-corrected chi connectivity index (χ3v) is 6.55. The monoisotopic (exact) mass is 423 g/mol. The van der Waals surface area contributed by atoms with E-state index in [2.05, 4.69) is 15.2 Å². The number of anilines is 1. The fourth-order valence-electron chi connectivity index (χ4n) is 3.18. The summed E-state index contributed by atoms with van der Waals surface area (Å²) >= 11 is 5.86. The SMILES string of the molecule is Cl.O=S(=O)(c1ccc(Cl)cc1)c1cnc2c(N3CCNCC3)cccc2c1. The Morgan fingerprint density at radius 3 is 2.41 bits per heavy atom. The second-order valence-corrected chi connectivity index (χ2v) is 8.60. The average Bonchev–Trinajstić information content (AvgIpc) is 2.68. The smallest absolute Gasteiger partial charge is 0.208 e. The first-order valence-corrected chi connectivity index (χ1v) is 10.3. The summed E-state index contributed by atoms with van der Waals surface area (Å²) in [6.45, 7) is 3.68. The van der Waals surface area contributed by atoms with Crippen LogP contribution in [0, 0.1) is 0 Å². The van der Waals surface area contributed by atoms with Crippen LogP contribution < -0.4 is 10.2 Å². The van der Waals surface area contributed by atoms with Crippen molar-refractivity contribution in [3.63, 3.8) is 0 Å². The molecule has 27 heavy (non-hydrogen) atoms. The number of benzene rings is 2. The lowest BCUT2D eigenvalue weighted by atomic mass is 10.1. The topological polar surface area (TPSA) is 62.3 Å². The van der Waals surface area contributed by atoms with Gasteiger partial charge in [0.25, 0.3) is 0 Å². The second kappa shape index (κ2) is 8.02. The summed E-state index contributed by atoms with van der Waals surface area (Å²) in [7, 11) is -3.63. The van der Waals surface area contributed by atoms with E-state index in [-0.39, 0.29) is 22.2 Å². The lowest BCUT2D eigenvalue weighted by Crippen LogP contribution is -2.43. The van der Waals surface area contributed by atoms with Crippen LogP contribution in [-0.4, -0.2) is 39.6 Å². The fraction of sp³-hybridized carbons (Fsp3) is 0.211. The largest absolute Gasteiger partial charge is 0.367 e. The molecular formula is C19H19Cl2N3O2S. The molecule has 0 atom stereocenters. The van der Waals surface area contributed by atoms with E-state index < -0.39 is 9.84 Å². The van der Waals surface area contributed by atoms with Gasteiger partial charge in [-0.3, -0.25) is 4.98 Å². The van der Waals surface area contributed by atoms with Crippen molar-refractivity contribution >= 4 is 50.4 Å². The van der Waals surface area contributed by atoms with Crippen LogP contribution in [0.4, 0.5) is 5.69 Å². The summed E-state index contributed by atoms with van der Waals surface area (Å²) in [6.07, 6.45) is 1.44. The summed E-state index contributed by atoms with van der Waals surface area (Å²) in [6, 6.07) is 13.7. The van der Waals surface area contributed by atoms with Gasteiger partial charge in [0.2, 0.25) is 9.84 Å². The van der Waals surface area contributed by atoms with Crippen molar-refractivity contribution in [3.05, 3.63) is 59.8 Å². The summed E-state index contributed by atoms with van der Waals surface area (Å²) in [4.78, 5) is 7.17. The van der Waals surface area contributed by atoms with E-state index in [1.54, 1.807) is 18.2 Å². The Morgan fingerprint density at radius 1 is 1.00 bits per heavy atom. The molecule has 0 spiro atoms. The van der Waals surface area contributed by atoms with Gasteiger partial charge in [0.1, 0.15) is 0 Å². The maximum absolute atomic E-state index is 12.9. The van der Waals surface area contributed by atoms with Crippen molar-refractivity contribution in [2.75, 3.05) is 31.1 Å². The van der Waals surface area contributed by atoms with Crippen molar-refractivity contribution < 1.29 is 8.42 Å². The number of piperazine rings is 1. The molecule has 1 N–H and O–H groups in total. The van der Waals surface area contributed by atoms with Gasteiger partial charge in [-0.15, -0.1) is 12.4 Å². The molecule has 2 aromatic carbocycles. The first-order valence-electron chi connectivity index (χ1n) is 8.41. The van der Waals surface area contributed by atoms with Crippen LogP contribution in [0.25, 0.3) is 10.9 Å². The number of pyridine rings is 1. The molecule has 3 aromatic rings. The van der Waals surface area contributed by atoms with Crippen molar-refractivity contribution in [1.29, 1.82) is 0 Å². The van der Waals surface area contributed by atoms with Crippen LogP contribution >= 0.6 is 24.0 Å². The van der Waals surface area contributed by atoms with Gasteiger partial charge in [0, 0.05) is 42.8 Å². The Kier molecular flexibility index (Phi) is 5.91. The summed E-state index contributed by atoms with van der Waals surface area (Å²) in [5.41, 5.74) is 1.86. The quantitative estimate of drug-likeness (QED) is 0.697. The van der Waals surface area contributed by atoms with E-state index in [9.17, 15) is 8.42 Å². The lowest BCUT2D eigenvalue weighted by Gasteiger charge is -2.30. The minimum absolute atomic E-state index is 0. The van der Waals surface area contributed by atoms with Crippen molar-refractivity contribution in [1.82, 2.24) is 10.3 Å². The summed E-state index contributed by atoms with van der Waals surface area (Å²) in [5.74, 6) is 0. The van der Waals surface area contributed by atoms with E-state index in [0.717, 1.165) is 42.8 Å². The number of aromatic nitrogens is 1. The lowest BCUT2D eigenvalue weighted by molar-refractivity contribution is 0.590. The molecule has 1 aliphatic heterocycles. The van der Waals surface area contributed by atoms with Gasteiger partial charge >= 0.3 is 0 Å². The molecule has 0 saturated carbocycles. The van der Waals surface area contributed by atoms with Gasteiger partial charge in [-0.2, -0.15) is 0 Å². The highest BCUT2D eigenvalue weighted by Crippen LogP contribution is 2.29. The molecule has 8 heteroatoms. The molecule has 0 radical (unpaired) electrons. The number of nitrogens with zero attached hydrogens (tertiary/aromatic N) is 2. The van der Waals surface area contributed by atoms with Gasteiger partial charge in [-0.05, 0) is 36.4 Å². The van der Waals surface area contributed by atoms with Crippen molar-refractivity contribution in [2.45, 2.75) is 9.79 Å². The number of sulfone groups is 1. The average molecular weight is 424 g/mol. The molecule has 5 nitrogen and oxygen atoms in total. The number of para-hydroxylation sites is 1. The highest BCUT2D eigenvalue weighted by Gasteiger charge is 2.20. The van der Waals surface area contributed by atoms with Gasteiger partial charge in [-0.25, -0.2) is 8.42 Å². The number of nitrogens with one attached hydrogen (secondary N) is 1. The number of halogens is 2.